The molecule has 0 unspecified atom stereocenters. The minimum Gasteiger partial charge on any atom is -0.378 e. The Kier molecular flexibility index (Phi) is 5.67. The maximum atomic E-state index is 13.4. The van der Waals surface area contributed by atoms with E-state index in [1.807, 2.05) is 98.2 Å². The van der Waals surface area contributed by atoms with E-state index in [-0.39, 0.29) is 10.7 Å². The molecule has 2 amide bonds. The Morgan fingerprint density at radius 1 is 0.969 bits per heavy atom. The molecule has 1 aliphatic rings. The van der Waals surface area contributed by atoms with E-state index in [9.17, 15) is 9.59 Å². The molecule has 1 fully saturated rings. The van der Waals surface area contributed by atoms with Gasteiger partial charge in [0.1, 0.15) is 5.57 Å². The van der Waals surface area contributed by atoms with Crippen LogP contribution in [0, 0.1) is 13.8 Å². The van der Waals surface area contributed by atoms with Crippen LogP contribution in [0.5, 0.6) is 0 Å². The Labute approximate surface area is 192 Å². The SMILES string of the molecule is Cc1cccc(N2C(=O)/C(=C\c3cccn3-c3ccc(N(C)C)cc3)C(=O)NC2=S)c1C. The zero-order valence-corrected chi connectivity index (χ0v) is 19.2. The van der Waals surface area contributed by atoms with Crippen LogP contribution >= 0.6 is 12.2 Å². The topological polar surface area (TPSA) is 57.6 Å². The second kappa shape index (κ2) is 8.43. The van der Waals surface area contributed by atoms with Crippen LogP contribution in [-0.4, -0.2) is 35.6 Å². The molecular formula is C25H24N4O2S. The fraction of sp³-hybridized carbons (Fsp3) is 0.160. The largest absolute Gasteiger partial charge is 0.378 e. The number of aryl methyl sites for hydroxylation is 1. The third-order valence-electron chi connectivity index (χ3n) is 5.64. The Morgan fingerprint density at radius 2 is 1.69 bits per heavy atom. The number of benzene rings is 2. The van der Waals surface area contributed by atoms with E-state index >= 15 is 0 Å². The average molecular weight is 445 g/mol. The van der Waals surface area contributed by atoms with Crippen molar-refractivity contribution in [3.63, 3.8) is 0 Å². The summed E-state index contributed by atoms with van der Waals surface area (Å²) in [5, 5.41) is 2.74. The number of hydrogen-bond acceptors (Lipinski definition) is 4. The monoisotopic (exact) mass is 444 g/mol. The number of nitrogens with one attached hydrogen (secondary N) is 1. The van der Waals surface area contributed by atoms with Crippen LogP contribution in [0.1, 0.15) is 16.8 Å². The average Bonchev–Trinajstić information content (AvgIpc) is 3.22. The van der Waals surface area contributed by atoms with Gasteiger partial charge in [-0.3, -0.25) is 19.8 Å². The van der Waals surface area contributed by atoms with Gasteiger partial charge in [0.2, 0.25) is 0 Å². The number of carbonyl (C=O) groups is 2. The summed E-state index contributed by atoms with van der Waals surface area (Å²) in [5.74, 6) is -0.944. The van der Waals surface area contributed by atoms with Crippen molar-refractivity contribution < 1.29 is 9.59 Å². The van der Waals surface area contributed by atoms with Gasteiger partial charge in [-0.1, -0.05) is 12.1 Å². The van der Waals surface area contributed by atoms with Gasteiger partial charge in [0.15, 0.2) is 5.11 Å². The molecule has 7 heteroatoms. The van der Waals surface area contributed by atoms with E-state index in [1.165, 1.54) is 4.90 Å². The lowest BCUT2D eigenvalue weighted by atomic mass is 10.0. The summed E-state index contributed by atoms with van der Waals surface area (Å²) in [5.41, 5.74) is 5.40. The maximum absolute atomic E-state index is 13.4. The van der Waals surface area contributed by atoms with Gasteiger partial charge in [-0.15, -0.1) is 0 Å². The standard InChI is InChI=1S/C25H24N4O2S/c1-16-7-5-9-22(17(16)2)29-24(31)21(23(30)26-25(29)32)15-20-8-6-14-28(20)19-12-10-18(11-13-19)27(3)4/h5-15H,1-4H3,(H,26,30,32)/b21-15-. The highest BCUT2D eigenvalue weighted by Crippen LogP contribution is 2.27. The third kappa shape index (κ3) is 3.83. The first-order valence-electron chi connectivity index (χ1n) is 10.2. The van der Waals surface area contributed by atoms with Gasteiger partial charge in [0, 0.05) is 37.4 Å². The molecule has 0 atom stereocenters. The molecule has 1 saturated heterocycles. The lowest BCUT2D eigenvalue weighted by Gasteiger charge is -2.30. The molecule has 1 N–H and O–H groups in total. The van der Waals surface area contributed by atoms with Gasteiger partial charge in [-0.25, -0.2) is 0 Å². The summed E-state index contributed by atoms with van der Waals surface area (Å²) in [4.78, 5) is 29.5. The minimum atomic E-state index is -0.503. The van der Waals surface area contributed by atoms with Crippen LogP contribution in [0.2, 0.25) is 0 Å². The summed E-state index contributed by atoms with van der Waals surface area (Å²) in [6.07, 6.45) is 3.51. The molecule has 1 aromatic heterocycles. The van der Waals surface area contributed by atoms with Gasteiger partial charge in [0.25, 0.3) is 11.8 Å². The fourth-order valence-electron chi connectivity index (χ4n) is 3.66. The van der Waals surface area contributed by atoms with Gasteiger partial charge in [0.05, 0.1) is 5.69 Å². The lowest BCUT2D eigenvalue weighted by molar-refractivity contribution is -0.122. The number of rotatable bonds is 4. The first kappa shape index (κ1) is 21.5. The number of hydrogen-bond donors (Lipinski definition) is 1. The quantitative estimate of drug-likeness (QED) is 0.376. The molecule has 0 radical (unpaired) electrons. The van der Waals surface area contributed by atoms with Crippen molar-refractivity contribution in [2.75, 3.05) is 23.9 Å². The maximum Gasteiger partial charge on any atom is 0.270 e. The van der Waals surface area contributed by atoms with Crippen LogP contribution in [0.15, 0.2) is 66.4 Å². The van der Waals surface area contributed by atoms with E-state index < -0.39 is 11.8 Å². The number of aromatic nitrogens is 1. The molecule has 3 aromatic rings. The second-order valence-corrected chi connectivity index (χ2v) is 8.28. The lowest BCUT2D eigenvalue weighted by Crippen LogP contribution is -2.54. The first-order valence-corrected chi connectivity index (χ1v) is 10.6. The Balaban J connectivity index is 1.74. The van der Waals surface area contributed by atoms with Crippen molar-refractivity contribution in [2.24, 2.45) is 0 Å². The Bertz CT molecular complexity index is 1260. The second-order valence-electron chi connectivity index (χ2n) is 7.89. The van der Waals surface area contributed by atoms with Crippen LogP contribution in [-0.2, 0) is 9.59 Å². The molecule has 4 rings (SSSR count). The van der Waals surface area contributed by atoms with Crippen molar-refractivity contribution in [3.8, 4) is 5.69 Å². The molecule has 1 aliphatic heterocycles. The summed E-state index contributed by atoms with van der Waals surface area (Å²) < 4.78 is 1.93. The Hall–Kier alpha value is -3.71. The highest BCUT2D eigenvalue weighted by molar-refractivity contribution is 7.80. The predicted octanol–water partition coefficient (Wildman–Crippen LogP) is 3.99. The summed E-state index contributed by atoms with van der Waals surface area (Å²) in [6, 6.07) is 17.5. The van der Waals surface area contributed by atoms with Crippen LogP contribution < -0.4 is 15.1 Å². The highest BCUT2D eigenvalue weighted by atomic mass is 32.1. The van der Waals surface area contributed by atoms with Crippen molar-refractivity contribution in [1.82, 2.24) is 9.88 Å². The number of carbonyl (C=O) groups excluding carboxylic acids is 2. The summed E-state index contributed by atoms with van der Waals surface area (Å²) in [6.45, 7) is 3.91. The Morgan fingerprint density at radius 3 is 2.38 bits per heavy atom. The smallest absolute Gasteiger partial charge is 0.270 e. The number of thiocarbonyl (C=S) groups is 1. The normalized spacial score (nSPS) is 15.3. The number of anilines is 2. The van der Waals surface area contributed by atoms with Crippen LogP contribution in [0.4, 0.5) is 11.4 Å². The van der Waals surface area contributed by atoms with Gasteiger partial charge < -0.3 is 9.47 Å². The van der Waals surface area contributed by atoms with E-state index in [4.69, 9.17) is 12.2 Å². The van der Waals surface area contributed by atoms with E-state index in [2.05, 4.69) is 5.32 Å². The molecule has 0 bridgehead atoms. The van der Waals surface area contributed by atoms with E-state index in [1.54, 1.807) is 6.08 Å². The minimum absolute atomic E-state index is 0.0318. The number of amides is 2. The fourth-order valence-corrected chi connectivity index (χ4v) is 3.93. The molecule has 2 heterocycles. The molecule has 32 heavy (non-hydrogen) atoms. The molecule has 0 aliphatic carbocycles. The van der Waals surface area contributed by atoms with Crippen LogP contribution in [0.3, 0.4) is 0 Å². The van der Waals surface area contributed by atoms with Gasteiger partial charge >= 0.3 is 0 Å². The zero-order valence-electron chi connectivity index (χ0n) is 18.4. The van der Waals surface area contributed by atoms with Crippen molar-refractivity contribution in [1.29, 1.82) is 0 Å². The van der Waals surface area contributed by atoms with Crippen molar-refractivity contribution in [2.45, 2.75) is 13.8 Å². The molecule has 0 spiro atoms. The van der Waals surface area contributed by atoms with E-state index in [0.29, 0.717) is 5.69 Å². The van der Waals surface area contributed by atoms with Gasteiger partial charge in [-0.2, -0.15) is 0 Å². The molecule has 2 aromatic carbocycles. The predicted molar refractivity (Wildman–Crippen MR) is 132 cm³/mol. The van der Waals surface area contributed by atoms with Crippen molar-refractivity contribution in [3.05, 3.63) is 83.2 Å². The molecule has 6 nitrogen and oxygen atoms in total. The van der Waals surface area contributed by atoms with Crippen LogP contribution in [0.25, 0.3) is 11.8 Å². The van der Waals surface area contributed by atoms with Crippen molar-refractivity contribution >= 4 is 46.6 Å². The highest BCUT2D eigenvalue weighted by Gasteiger charge is 2.35. The number of nitrogens with zero attached hydrogens (tertiary/aromatic N) is 3. The van der Waals surface area contributed by atoms with E-state index in [0.717, 1.165) is 28.2 Å². The third-order valence-corrected chi connectivity index (χ3v) is 5.92. The summed E-state index contributed by atoms with van der Waals surface area (Å²) in [7, 11) is 3.97. The molecule has 162 valence electrons. The first-order chi connectivity index (χ1) is 15.3. The molecular weight excluding hydrogens is 420 g/mol. The van der Waals surface area contributed by atoms with Gasteiger partial charge in [-0.05, 0) is 85.7 Å². The summed E-state index contributed by atoms with van der Waals surface area (Å²) >= 11 is 5.34. The zero-order chi connectivity index (χ0) is 23.0. The molecule has 0 saturated carbocycles.